The number of rotatable bonds is 10. The van der Waals surface area contributed by atoms with Gasteiger partial charge in [-0.1, -0.05) is 55.3 Å². The van der Waals surface area contributed by atoms with E-state index in [-0.39, 0.29) is 17.8 Å². The van der Waals surface area contributed by atoms with Crippen LogP contribution in [-0.4, -0.2) is 68.9 Å². The Balaban J connectivity index is 1.14. The van der Waals surface area contributed by atoms with E-state index in [1.165, 1.54) is 17.3 Å². The summed E-state index contributed by atoms with van der Waals surface area (Å²) in [6, 6.07) is 20.2. The van der Waals surface area contributed by atoms with Gasteiger partial charge in [0.2, 0.25) is 0 Å². The Labute approximate surface area is 255 Å². The largest absolute Gasteiger partial charge is 0.480 e. The Kier molecular flexibility index (Phi) is 9.01. The number of hydrogen-bond donors (Lipinski definition) is 1. The SMILES string of the molecule is CCn1nc(Cc2ccccc2)cc1C1CCN(C[C@H]2C[C@H](N(C)C3(C(=O)O)CCCC3)C[C@@H]2c2cccc(F)c2)CC1. The summed E-state index contributed by atoms with van der Waals surface area (Å²) in [6.07, 6.45) is 8.31. The molecule has 3 aromatic rings. The Bertz CT molecular complexity index is 1380. The third-order valence-electron chi connectivity index (χ3n) is 10.9. The summed E-state index contributed by atoms with van der Waals surface area (Å²) in [5.41, 5.74) is 4.10. The number of likely N-dealkylation sites (tertiary alicyclic amines) is 1. The van der Waals surface area contributed by atoms with E-state index in [2.05, 4.69) is 63.9 Å². The predicted molar refractivity (Wildman–Crippen MR) is 168 cm³/mol. The van der Waals surface area contributed by atoms with Crippen molar-refractivity contribution < 1.29 is 14.3 Å². The zero-order valence-electron chi connectivity index (χ0n) is 25.8. The summed E-state index contributed by atoms with van der Waals surface area (Å²) in [7, 11) is 2.03. The molecular formula is C36H47FN4O2. The standard InChI is InChI=1S/C36H47FN4O2/c1-3-41-34(23-31(38-41)20-26-10-5-4-6-11-26)27-14-18-40(19-15-27)25-29-22-32(24-33(29)28-12-9-13-30(37)21-28)39(2)36(35(42)43)16-7-8-17-36/h4-6,9-13,21,23,27,29,32-33H,3,7-8,14-20,22,24-25H2,1-2H3,(H,42,43)/t29-,32+,33-/m1/s1. The van der Waals surface area contributed by atoms with E-state index in [4.69, 9.17) is 5.10 Å². The molecule has 2 saturated carbocycles. The van der Waals surface area contributed by atoms with E-state index in [0.29, 0.717) is 11.8 Å². The molecule has 7 heteroatoms. The molecule has 0 radical (unpaired) electrons. The van der Waals surface area contributed by atoms with Gasteiger partial charge in [0.05, 0.1) is 5.69 Å². The highest BCUT2D eigenvalue weighted by Crippen LogP contribution is 2.46. The molecule has 2 aromatic carbocycles. The van der Waals surface area contributed by atoms with E-state index in [9.17, 15) is 14.3 Å². The topological polar surface area (TPSA) is 61.6 Å². The number of carboxylic acid groups (broad SMARTS) is 1. The second-order valence-corrected chi connectivity index (χ2v) is 13.3. The minimum atomic E-state index is -0.758. The van der Waals surface area contributed by atoms with Gasteiger partial charge in [0, 0.05) is 37.2 Å². The number of piperidine rings is 1. The normalized spacial score (nSPS) is 24.6. The molecule has 1 aliphatic heterocycles. The van der Waals surface area contributed by atoms with Crippen LogP contribution in [0, 0.1) is 11.7 Å². The Morgan fingerprint density at radius 3 is 2.47 bits per heavy atom. The van der Waals surface area contributed by atoms with Crippen molar-refractivity contribution in [3.05, 3.63) is 89.0 Å². The Hall–Kier alpha value is -3.03. The van der Waals surface area contributed by atoms with Gasteiger partial charge in [0.15, 0.2) is 0 Å². The molecule has 3 fully saturated rings. The van der Waals surface area contributed by atoms with Crippen LogP contribution < -0.4 is 0 Å². The predicted octanol–water partition coefficient (Wildman–Crippen LogP) is 6.70. The molecule has 2 heterocycles. The highest BCUT2D eigenvalue weighted by molar-refractivity contribution is 5.79. The van der Waals surface area contributed by atoms with Crippen LogP contribution in [0.5, 0.6) is 0 Å². The number of carboxylic acids is 1. The van der Waals surface area contributed by atoms with E-state index in [1.807, 2.05) is 13.1 Å². The third-order valence-corrected chi connectivity index (χ3v) is 10.9. The zero-order valence-corrected chi connectivity index (χ0v) is 25.8. The van der Waals surface area contributed by atoms with Crippen LogP contribution in [0.25, 0.3) is 0 Å². The molecule has 3 atom stereocenters. The van der Waals surface area contributed by atoms with Gasteiger partial charge in [0.25, 0.3) is 0 Å². The number of aryl methyl sites for hydroxylation is 1. The van der Waals surface area contributed by atoms with Crippen molar-refractivity contribution in [1.29, 1.82) is 0 Å². The van der Waals surface area contributed by atoms with E-state index in [0.717, 1.165) is 95.2 Å². The average molecular weight is 587 g/mol. The van der Waals surface area contributed by atoms with Gasteiger partial charge in [0.1, 0.15) is 11.4 Å². The van der Waals surface area contributed by atoms with Gasteiger partial charge in [-0.15, -0.1) is 0 Å². The second-order valence-electron chi connectivity index (χ2n) is 13.3. The maximum absolute atomic E-state index is 14.4. The second kappa shape index (κ2) is 12.9. The smallest absolute Gasteiger partial charge is 0.324 e. The summed E-state index contributed by atoms with van der Waals surface area (Å²) in [6.45, 7) is 6.12. The molecular weight excluding hydrogens is 539 g/mol. The average Bonchev–Trinajstić information content (AvgIpc) is 3.77. The molecule has 0 amide bonds. The molecule has 3 aliphatic rings. The van der Waals surface area contributed by atoms with Crippen LogP contribution in [0.1, 0.15) is 92.6 Å². The van der Waals surface area contributed by atoms with Gasteiger partial charge in [-0.3, -0.25) is 14.4 Å². The minimum Gasteiger partial charge on any atom is -0.480 e. The minimum absolute atomic E-state index is 0.187. The first kappa shape index (κ1) is 30.0. The number of aromatic nitrogens is 2. The van der Waals surface area contributed by atoms with Gasteiger partial charge in [-0.05, 0) is 107 Å². The van der Waals surface area contributed by atoms with Crippen molar-refractivity contribution in [3.8, 4) is 0 Å². The van der Waals surface area contributed by atoms with Crippen molar-refractivity contribution in [3.63, 3.8) is 0 Å². The summed E-state index contributed by atoms with van der Waals surface area (Å²) >= 11 is 0. The number of nitrogens with zero attached hydrogens (tertiary/aromatic N) is 4. The van der Waals surface area contributed by atoms with Gasteiger partial charge in [-0.2, -0.15) is 5.10 Å². The number of aliphatic carboxylic acids is 1. The van der Waals surface area contributed by atoms with E-state index in [1.54, 1.807) is 6.07 Å². The number of likely N-dealkylation sites (N-methyl/N-ethyl adjacent to an activating group) is 1. The summed E-state index contributed by atoms with van der Waals surface area (Å²) < 4.78 is 16.6. The maximum atomic E-state index is 14.4. The Morgan fingerprint density at radius 2 is 1.79 bits per heavy atom. The van der Waals surface area contributed by atoms with Gasteiger partial charge >= 0.3 is 5.97 Å². The van der Waals surface area contributed by atoms with Crippen molar-refractivity contribution in [2.24, 2.45) is 5.92 Å². The van der Waals surface area contributed by atoms with E-state index >= 15 is 0 Å². The fraction of sp³-hybridized carbons (Fsp3) is 0.556. The van der Waals surface area contributed by atoms with Crippen molar-refractivity contribution in [2.45, 2.75) is 94.7 Å². The quantitative estimate of drug-likeness (QED) is 0.286. The fourth-order valence-corrected chi connectivity index (χ4v) is 8.49. The molecule has 43 heavy (non-hydrogen) atoms. The first-order valence-corrected chi connectivity index (χ1v) is 16.4. The molecule has 0 spiro atoms. The van der Waals surface area contributed by atoms with Crippen molar-refractivity contribution in [1.82, 2.24) is 19.6 Å². The first-order valence-electron chi connectivity index (χ1n) is 16.4. The van der Waals surface area contributed by atoms with Crippen LogP contribution in [0.3, 0.4) is 0 Å². The Morgan fingerprint density at radius 1 is 1.05 bits per heavy atom. The fourth-order valence-electron chi connectivity index (χ4n) is 8.49. The maximum Gasteiger partial charge on any atom is 0.324 e. The van der Waals surface area contributed by atoms with Crippen LogP contribution in [0.2, 0.25) is 0 Å². The molecule has 0 bridgehead atoms. The molecule has 230 valence electrons. The highest BCUT2D eigenvalue weighted by atomic mass is 19.1. The number of carbonyl (C=O) groups is 1. The zero-order chi connectivity index (χ0) is 30.0. The van der Waals surface area contributed by atoms with Gasteiger partial charge in [-0.25, -0.2) is 4.39 Å². The molecule has 0 unspecified atom stereocenters. The summed E-state index contributed by atoms with van der Waals surface area (Å²) in [4.78, 5) is 17.3. The van der Waals surface area contributed by atoms with Crippen LogP contribution >= 0.6 is 0 Å². The number of benzene rings is 2. The van der Waals surface area contributed by atoms with Gasteiger partial charge < -0.3 is 10.0 Å². The molecule has 1 N–H and O–H groups in total. The number of halogens is 1. The lowest BCUT2D eigenvalue weighted by atomic mass is 9.87. The van der Waals surface area contributed by atoms with Crippen LogP contribution in [0.15, 0.2) is 60.7 Å². The summed E-state index contributed by atoms with van der Waals surface area (Å²) in [5, 5.41) is 15.2. The molecule has 6 nitrogen and oxygen atoms in total. The highest BCUT2D eigenvalue weighted by Gasteiger charge is 2.50. The molecule has 2 aliphatic carbocycles. The first-order chi connectivity index (χ1) is 20.9. The monoisotopic (exact) mass is 586 g/mol. The molecule has 1 saturated heterocycles. The lowest BCUT2D eigenvalue weighted by Gasteiger charge is -2.39. The lowest BCUT2D eigenvalue weighted by molar-refractivity contribution is -0.152. The lowest BCUT2D eigenvalue weighted by Crippen LogP contribution is -2.54. The van der Waals surface area contributed by atoms with E-state index < -0.39 is 11.5 Å². The van der Waals surface area contributed by atoms with Crippen molar-refractivity contribution >= 4 is 5.97 Å². The van der Waals surface area contributed by atoms with Crippen LogP contribution in [0.4, 0.5) is 4.39 Å². The molecule has 6 rings (SSSR count). The third kappa shape index (κ3) is 6.30. The molecule has 1 aromatic heterocycles. The number of hydrogen-bond acceptors (Lipinski definition) is 4. The van der Waals surface area contributed by atoms with Crippen molar-refractivity contribution in [2.75, 3.05) is 26.7 Å². The summed E-state index contributed by atoms with van der Waals surface area (Å²) in [5.74, 6) is 0.240. The van der Waals surface area contributed by atoms with Crippen LogP contribution in [-0.2, 0) is 17.8 Å².